The fraction of sp³-hybridized carbons (Fsp3) is 0.944. The molecule has 0 aromatic carbocycles. The van der Waals surface area contributed by atoms with Gasteiger partial charge in [-0.2, -0.15) is 0 Å². The predicted molar refractivity (Wildman–Crippen MR) is 170 cm³/mol. The Morgan fingerprint density at radius 1 is 0.425 bits per heavy atom. The molecule has 236 valence electrons. The lowest BCUT2D eigenvalue weighted by Crippen LogP contribution is -2.23. The van der Waals surface area contributed by atoms with Crippen molar-refractivity contribution in [1.82, 2.24) is 0 Å². The number of carbonyl (C=O) groups excluding carboxylic acids is 2. The lowest BCUT2D eigenvalue weighted by Gasteiger charge is -2.27. The first kappa shape index (κ1) is 37.0. The Labute approximate surface area is 249 Å². The summed E-state index contributed by atoms with van der Waals surface area (Å²) in [5, 5.41) is 0. The molecule has 0 aromatic heterocycles. The van der Waals surface area contributed by atoms with E-state index in [1.807, 2.05) is 0 Å². The van der Waals surface area contributed by atoms with Crippen molar-refractivity contribution in [2.24, 2.45) is 11.8 Å². The second-order valence-electron chi connectivity index (χ2n) is 12.8. The molecule has 4 heteroatoms. The summed E-state index contributed by atoms with van der Waals surface area (Å²) in [5.41, 5.74) is 0. The molecule has 1 aliphatic carbocycles. The monoisotopic (exact) mass is 565 g/mol. The highest BCUT2D eigenvalue weighted by Crippen LogP contribution is 2.29. The molecule has 1 saturated carbocycles. The van der Waals surface area contributed by atoms with Gasteiger partial charge in [0.15, 0.2) is 0 Å². The molecule has 4 nitrogen and oxygen atoms in total. The van der Waals surface area contributed by atoms with E-state index in [0.717, 1.165) is 51.4 Å². The van der Waals surface area contributed by atoms with E-state index in [1.54, 1.807) is 0 Å². The molecule has 1 rings (SSSR count). The molecule has 0 N–H and O–H groups in total. The van der Waals surface area contributed by atoms with E-state index in [-0.39, 0.29) is 11.9 Å². The molecule has 0 radical (unpaired) electrons. The normalized spacial score (nSPS) is 17.1. The van der Waals surface area contributed by atoms with Crippen molar-refractivity contribution in [3.05, 3.63) is 0 Å². The Balaban J connectivity index is 1.88. The van der Waals surface area contributed by atoms with Crippen LogP contribution in [0.15, 0.2) is 0 Å². The van der Waals surface area contributed by atoms with Gasteiger partial charge in [-0.05, 0) is 50.4 Å². The minimum absolute atomic E-state index is 0.0191. The maximum atomic E-state index is 12.1. The first-order chi connectivity index (χ1) is 19.7. The van der Waals surface area contributed by atoms with Crippen LogP contribution in [0.3, 0.4) is 0 Å². The smallest absolute Gasteiger partial charge is 0.305 e. The van der Waals surface area contributed by atoms with Crippen molar-refractivity contribution in [2.75, 3.05) is 13.2 Å². The third kappa shape index (κ3) is 23.6. The summed E-state index contributed by atoms with van der Waals surface area (Å²) in [7, 11) is 0. The standard InChI is InChI=1S/C36H68O4/c1-3-5-7-9-11-13-15-17-19-21-23-25-35(37)39-31-33-27-29-34(30-28-33)32-40-36(38)26-24-22-20-18-16-14-12-10-8-6-4-2/h33-34H,3-32H2,1-2H3. The van der Waals surface area contributed by atoms with Gasteiger partial charge in [0, 0.05) is 12.8 Å². The number of carbonyl (C=O) groups is 2. The van der Waals surface area contributed by atoms with Crippen LogP contribution in [0.5, 0.6) is 0 Å². The average Bonchev–Trinajstić information content (AvgIpc) is 2.97. The zero-order chi connectivity index (χ0) is 28.9. The third-order valence-electron chi connectivity index (χ3n) is 8.90. The van der Waals surface area contributed by atoms with Crippen LogP contribution in [-0.4, -0.2) is 25.2 Å². The Bertz CT molecular complexity index is 517. The second kappa shape index (κ2) is 28.1. The summed E-state index contributed by atoms with van der Waals surface area (Å²) in [6, 6.07) is 0. The van der Waals surface area contributed by atoms with Gasteiger partial charge in [-0.15, -0.1) is 0 Å². The first-order valence-electron chi connectivity index (χ1n) is 18.0. The van der Waals surface area contributed by atoms with Gasteiger partial charge in [0.25, 0.3) is 0 Å². The van der Waals surface area contributed by atoms with Gasteiger partial charge in [-0.25, -0.2) is 0 Å². The number of hydrogen-bond donors (Lipinski definition) is 0. The average molecular weight is 565 g/mol. The van der Waals surface area contributed by atoms with Gasteiger partial charge in [-0.1, -0.05) is 142 Å². The molecule has 40 heavy (non-hydrogen) atoms. The van der Waals surface area contributed by atoms with Crippen LogP contribution >= 0.6 is 0 Å². The molecule has 0 aromatic rings. The van der Waals surface area contributed by atoms with Crippen LogP contribution in [0.4, 0.5) is 0 Å². The third-order valence-corrected chi connectivity index (χ3v) is 8.90. The van der Waals surface area contributed by atoms with Gasteiger partial charge in [-0.3, -0.25) is 9.59 Å². The zero-order valence-electron chi connectivity index (χ0n) is 27.0. The van der Waals surface area contributed by atoms with E-state index in [9.17, 15) is 9.59 Å². The topological polar surface area (TPSA) is 52.6 Å². The van der Waals surface area contributed by atoms with E-state index in [4.69, 9.17) is 9.47 Å². The maximum absolute atomic E-state index is 12.1. The molecule has 0 atom stereocenters. The van der Waals surface area contributed by atoms with Crippen LogP contribution in [0.2, 0.25) is 0 Å². The SMILES string of the molecule is CCCCCCCCCCCCCC(=O)OCC1CCC(COC(=O)CCCCCCCCCCCCC)CC1. The maximum Gasteiger partial charge on any atom is 0.305 e. The van der Waals surface area contributed by atoms with Crippen molar-refractivity contribution in [1.29, 1.82) is 0 Å². The summed E-state index contributed by atoms with van der Waals surface area (Å²) in [4.78, 5) is 24.3. The number of esters is 2. The molecule has 0 bridgehead atoms. The number of hydrogen-bond acceptors (Lipinski definition) is 4. The molecule has 0 amide bonds. The highest BCUT2D eigenvalue weighted by atomic mass is 16.5. The fourth-order valence-electron chi connectivity index (χ4n) is 6.00. The van der Waals surface area contributed by atoms with Crippen molar-refractivity contribution in [3.63, 3.8) is 0 Å². The second-order valence-corrected chi connectivity index (χ2v) is 12.8. The summed E-state index contributed by atoms with van der Waals surface area (Å²) >= 11 is 0. The molecule has 1 fully saturated rings. The first-order valence-corrected chi connectivity index (χ1v) is 18.0. The quantitative estimate of drug-likeness (QED) is 0.0700. The number of rotatable bonds is 28. The molecule has 0 unspecified atom stereocenters. The number of unbranched alkanes of at least 4 members (excludes halogenated alkanes) is 20. The van der Waals surface area contributed by atoms with Gasteiger partial charge < -0.3 is 9.47 Å². The summed E-state index contributed by atoms with van der Waals surface area (Å²) < 4.78 is 11.2. The van der Waals surface area contributed by atoms with Crippen LogP contribution < -0.4 is 0 Å². The van der Waals surface area contributed by atoms with Crippen molar-refractivity contribution < 1.29 is 19.1 Å². The number of ether oxygens (including phenoxy) is 2. The fourth-order valence-corrected chi connectivity index (χ4v) is 6.00. The molecule has 1 aliphatic rings. The Kier molecular flexibility index (Phi) is 25.9. The zero-order valence-corrected chi connectivity index (χ0v) is 27.0. The molecule has 0 spiro atoms. The van der Waals surface area contributed by atoms with Crippen molar-refractivity contribution >= 4 is 11.9 Å². The van der Waals surface area contributed by atoms with E-state index in [2.05, 4.69) is 13.8 Å². The molecular formula is C36H68O4. The van der Waals surface area contributed by atoms with Gasteiger partial charge in [0.2, 0.25) is 0 Å². The largest absolute Gasteiger partial charge is 0.465 e. The highest BCUT2D eigenvalue weighted by Gasteiger charge is 2.23. The van der Waals surface area contributed by atoms with Crippen molar-refractivity contribution in [3.8, 4) is 0 Å². The van der Waals surface area contributed by atoms with Crippen LogP contribution in [0, 0.1) is 11.8 Å². The summed E-state index contributed by atoms with van der Waals surface area (Å²) in [5.74, 6) is 0.915. The lowest BCUT2D eigenvalue weighted by atomic mass is 9.83. The van der Waals surface area contributed by atoms with E-state index in [0.29, 0.717) is 37.9 Å². The summed E-state index contributed by atoms with van der Waals surface area (Å²) in [6.45, 7) is 5.68. The lowest BCUT2D eigenvalue weighted by molar-refractivity contribution is -0.147. The van der Waals surface area contributed by atoms with Crippen LogP contribution in [0.25, 0.3) is 0 Å². The Morgan fingerprint density at radius 3 is 0.950 bits per heavy atom. The van der Waals surface area contributed by atoms with Crippen molar-refractivity contribution in [2.45, 2.75) is 194 Å². The Hall–Kier alpha value is -1.06. The molecular weight excluding hydrogens is 496 g/mol. The van der Waals surface area contributed by atoms with E-state index < -0.39 is 0 Å². The highest BCUT2D eigenvalue weighted by molar-refractivity contribution is 5.69. The molecule has 0 heterocycles. The van der Waals surface area contributed by atoms with Crippen LogP contribution in [0.1, 0.15) is 194 Å². The van der Waals surface area contributed by atoms with E-state index >= 15 is 0 Å². The summed E-state index contributed by atoms with van der Waals surface area (Å²) in [6.07, 6.45) is 34.0. The minimum atomic E-state index is -0.0191. The predicted octanol–water partition coefficient (Wildman–Crippen LogP) is 11.3. The van der Waals surface area contributed by atoms with Gasteiger partial charge >= 0.3 is 11.9 Å². The van der Waals surface area contributed by atoms with Gasteiger partial charge in [0.05, 0.1) is 13.2 Å². The van der Waals surface area contributed by atoms with Gasteiger partial charge in [0.1, 0.15) is 0 Å². The molecule has 0 aliphatic heterocycles. The minimum Gasteiger partial charge on any atom is -0.465 e. The van der Waals surface area contributed by atoms with E-state index in [1.165, 1.54) is 116 Å². The molecule has 0 saturated heterocycles. The Morgan fingerprint density at radius 2 is 0.675 bits per heavy atom. The van der Waals surface area contributed by atoms with Crippen LogP contribution in [-0.2, 0) is 19.1 Å².